The van der Waals surface area contributed by atoms with Gasteiger partial charge in [-0.05, 0) is 6.92 Å². The molecule has 0 fully saturated rings. The monoisotopic (exact) mass is 137 g/mol. The predicted octanol–water partition coefficient (Wildman–Crippen LogP) is 0.163. The van der Waals surface area contributed by atoms with Crippen molar-refractivity contribution in [2.24, 2.45) is 0 Å². The van der Waals surface area contributed by atoms with E-state index in [0.29, 0.717) is 6.61 Å². The van der Waals surface area contributed by atoms with E-state index in [9.17, 15) is 4.21 Å². The molecule has 0 N–H and O–H groups in total. The standard InChI is InChI=1S/C4H11NO2S/c1-4-7-8(6)5(2)3/h4H2,1-3H3. The second-order valence-electron chi connectivity index (χ2n) is 1.44. The van der Waals surface area contributed by atoms with Gasteiger partial charge < -0.3 is 0 Å². The second-order valence-corrected chi connectivity index (χ2v) is 2.84. The molecule has 0 radical (unpaired) electrons. The molecule has 0 rings (SSSR count). The molecular weight excluding hydrogens is 126 g/mol. The summed E-state index contributed by atoms with van der Waals surface area (Å²) >= 11 is -1.24. The van der Waals surface area contributed by atoms with Crippen LogP contribution < -0.4 is 0 Å². The summed E-state index contributed by atoms with van der Waals surface area (Å²) < 4.78 is 16.8. The Morgan fingerprint density at radius 3 is 2.25 bits per heavy atom. The minimum absolute atomic E-state index is 0.491. The molecule has 1 atom stereocenters. The van der Waals surface area contributed by atoms with Crippen LogP contribution in [0.15, 0.2) is 0 Å². The van der Waals surface area contributed by atoms with Crippen molar-refractivity contribution in [3.8, 4) is 0 Å². The first kappa shape index (κ1) is 8.07. The molecular formula is C4H11NO2S. The van der Waals surface area contributed by atoms with Crippen molar-refractivity contribution in [3.05, 3.63) is 0 Å². The lowest BCUT2D eigenvalue weighted by Gasteiger charge is -2.05. The van der Waals surface area contributed by atoms with Crippen molar-refractivity contribution in [3.63, 3.8) is 0 Å². The average molecular weight is 137 g/mol. The fourth-order valence-corrected chi connectivity index (χ4v) is 0.619. The maximum absolute atomic E-state index is 10.6. The number of nitrogens with zero attached hydrogens (tertiary/aromatic N) is 1. The van der Waals surface area contributed by atoms with Gasteiger partial charge in [0.25, 0.3) is 0 Å². The first-order valence-corrected chi connectivity index (χ1v) is 3.44. The minimum Gasteiger partial charge on any atom is -0.278 e. The Bertz CT molecular complexity index is 84.1. The molecule has 0 saturated carbocycles. The third-order valence-corrected chi connectivity index (χ3v) is 1.55. The summed E-state index contributed by atoms with van der Waals surface area (Å²) in [6, 6.07) is 0. The van der Waals surface area contributed by atoms with E-state index in [2.05, 4.69) is 0 Å². The van der Waals surface area contributed by atoms with Crippen LogP contribution in [0.5, 0.6) is 0 Å². The van der Waals surface area contributed by atoms with E-state index in [4.69, 9.17) is 4.18 Å². The van der Waals surface area contributed by atoms with Crippen LogP contribution >= 0.6 is 0 Å². The topological polar surface area (TPSA) is 29.5 Å². The molecule has 4 heteroatoms. The molecule has 8 heavy (non-hydrogen) atoms. The van der Waals surface area contributed by atoms with Gasteiger partial charge >= 0.3 is 0 Å². The van der Waals surface area contributed by atoms with Gasteiger partial charge in [-0.15, -0.1) is 0 Å². The fourth-order valence-electron chi connectivity index (χ4n) is 0.206. The lowest BCUT2D eigenvalue weighted by molar-refractivity contribution is 0.344. The smallest absolute Gasteiger partial charge is 0.236 e. The quantitative estimate of drug-likeness (QED) is 0.554. The summed E-state index contributed by atoms with van der Waals surface area (Å²) in [5, 5.41) is 0. The zero-order valence-corrected chi connectivity index (χ0v) is 6.20. The highest BCUT2D eigenvalue weighted by Gasteiger charge is 1.98. The third kappa shape index (κ3) is 3.12. The van der Waals surface area contributed by atoms with E-state index in [1.54, 1.807) is 21.0 Å². The molecule has 0 heterocycles. The van der Waals surface area contributed by atoms with Gasteiger partial charge in [-0.3, -0.25) is 4.18 Å². The van der Waals surface area contributed by atoms with E-state index < -0.39 is 11.3 Å². The molecule has 0 saturated heterocycles. The van der Waals surface area contributed by atoms with Crippen molar-refractivity contribution >= 4 is 11.3 Å². The molecule has 0 aromatic carbocycles. The largest absolute Gasteiger partial charge is 0.278 e. The minimum atomic E-state index is -1.24. The summed E-state index contributed by atoms with van der Waals surface area (Å²) in [6.45, 7) is 2.30. The van der Waals surface area contributed by atoms with Gasteiger partial charge in [-0.1, -0.05) is 0 Å². The Morgan fingerprint density at radius 2 is 2.12 bits per heavy atom. The zero-order valence-electron chi connectivity index (χ0n) is 5.38. The molecule has 0 aliphatic carbocycles. The SMILES string of the molecule is CCOS(=O)N(C)C. The Balaban J connectivity index is 3.33. The molecule has 50 valence electrons. The first-order chi connectivity index (χ1) is 3.68. The second kappa shape index (κ2) is 4.00. The van der Waals surface area contributed by atoms with E-state index in [-0.39, 0.29) is 0 Å². The van der Waals surface area contributed by atoms with Gasteiger partial charge in [0.05, 0.1) is 6.61 Å². The summed E-state index contributed by atoms with van der Waals surface area (Å²) in [4.78, 5) is 0. The van der Waals surface area contributed by atoms with Gasteiger partial charge in [0.1, 0.15) is 0 Å². The highest BCUT2D eigenvalue weighted by molar-refractivity contribution is 7.77. The van der Waals surface area contributed by atoms with Crippen LogP contribution in [0.4, 0.5) is 0 Å². The predicted molar refractivity (Wildman–Crippen MR) is 33.5 cm³/mol. The number of rotatable bonds is 3. The summed E-state index contributed by atoms with van der Waals surface area (Å²) in [5.41, 5.74) is 0. The lowest BCUT2D eigenvalue weighted by atomic mass is 10.9. The van der Waals surface area contributed by atoms with Gasteiger partial charge in [-0.2, -0.15) is 0 Å². The first-order valence-electron chi connectivity index (χ1n) is 2.41. The molecule has 0 aromatic heterocycles. The van der Waals surface area contributed by atoms with Crippen molar-refractivity contribution in [2.45, 2.75) is 6.92 Å². The van der Waals surface area contributed by atoms with Gasteiger partial charge in [0.15, 0.2) is 0 Å². The molecule has 0 aliphatic heterocycles. The van der Waals surface area contributed by atoms with Gasteiger partial charge in [0, 0.05) is 14.1 Å². The summed E-state index contributed by atoms with van der Waals surface area (Å²) in [7, 11) is 3.40. The van der Waals surface area contributed by atoms with Gasteiger partial charge in [0.2, 0.25) is 11.3 Å². The highest BCUT2D eigenvalue weighted by atomic mass is 32.2. The third-order valence-electron chi connectivity index (χ3n) is 0.517. The van der Waals surface area contributed by atoms with Crippen LogP contribution in [0, 0.1) is 0 Å². The van der Waals surface area contributed by atoms with Gasteiger partial charge in [-0.25, -0.2) is 8.51 Å². The molecule has 0 amide bonds. The molecule has 1 unspecified atom stereocenters. The van der Waals surface area contributed by atoms with E-state index >= 15 is 0 Å². The maximum Gasteiger partial charge on any atom is 0.236 e. The average Bonchev–Trinajstić information content (AvgIpc) is 1.67. The van der Waals surface area contributed by atoms with E-state index in [1.165, 1.54) is 4.31 Å². The van der Waals surface area contributed by atoms with Crippen molar-refractivity contribution in [1.82, 2.24) is 4.31 Å². The van der Waals surface area contributed by atoms with Crippen molar-refractivity contribution < 1.29 is 8.39 Å². The summed E-state index contributed by atoms with van der Waals surface area (Å²) in [6.07, 6.45) is 0. The Kier molecular flexibility index (Phi) is 4.03. The molecule has 0 aromatic rings. The summed E-state index contributed by atoms with van der Waals surface area (Å²) in [5.74, 6) is 0. The van der Waals surface area contributed by atoms with Crippen molar-refractivity contribution in [2.75, 3.05) is 20.7 Å². The molecule has 0 spiro atoms. The van der Waals surface area contributed by atoms with Crippen LogP contribution in [0.1, 0.15) is 6.92 Å². The van der Waals surface area contributed by atoms with Crippen LogP contribution in [0.25, 0.3) is 0 Å². The number of hydrogen-bond acceptors (Lipinski definition) is 2. The Hall–Kier alpha value is 0.0700. The normalized spacial score (nSPS) is 14.5. The van der Waals surface area contributed by atoms with Crippen LogP contribution in [0.3, 0.4) is 0 Å². The van der Waals surface area contributed by atoms with Crippen LogP contribution in [-0.2, 0) is 15.4 Å². The maximum atomic E-state index is 10.6. The fraction of sp³-hybridized carbons (Fsp3) is 1.00. The van der Waals surface area contributed by atoms with E-state index in [0.717, 1.165) is 0 Å². The van der Waals surface area contributed by atoms with Crippen LogP contribution in [0.2, 0.25) is 0 Å². The lowest BCUT2D eigenvalue weighted by Crippen LogP contribution is -2.17. The van der Waals surface area contributed by atoms with Crippen molar-refractivity contribution in [1.29, 1.82) is 0 Å². The number of hydrogen-bond donors (Lipinski definition) is 0. The zero-order chi connectivity index (χ0) is 6.57. The molecule has 3 nitrogen and oxygen atoms in total. The highest BCUT2D eigenvalue weighted by Crippen LogP contribution is 1.86. The van der Waals surface area contributed by atoms with E-state index in [1.807, 2.05) is 0 Å². The van der Waals surface area contributed by atoms with Crippen LogP contribution in [-0.4, -0.2) is 29.2 Å². The Labute approximate surface area is 52.4 Å². The molecule has 0 bridgehead atoms. The Morgan fingerprint density at radius 1 is 1.62 bits per heavy atom. The molecule has 0 aliphatic rings.